The molecule has 0 amide bonds. The van der Waals surface area contributed by atoms with Crippen LogP contribution in [0.4, 0.5) is 19.0 Å². The molecule has 92 valence electrons. The Bertz CT molecular complexity index is 423. The average Bonchev–Trinajstić information content (AvgIpc) is 2.28. The van der Waals surface area contributed by atoms with E-state index in [0.29, 0.717) is 6.54 Å². The lowest BCUT2D eigenvalue weighted by atomic mass is 10.2. The van der Waals surface area contributed by atoms with E-state index in [0.717, 1.165) is 6.07 Å². The third kappa shape index (κ3) is 3.63. The highest BCUT2D eigenvalue weighted by atomic mass is 19.4. The minimum atomic E-state index is -4.45. The lowest BCUT2D eigenvalue weighted by Crippen LogP contribution is -2.25. The lowest BCUT2D eigenvalue weighted by Gasteiger charge is -2.20. The largest absolute Gasteiger partial charge is 0.433 e. The number of anilines is 1. The van der Waals surface area contributed by atoms with Gasteiger partial charge >= 0.3 is 6.18 Å². The van der Waals surface area contributed by atoms with Gasteiger partial charge in [0.25, 0.3) is 0 Å². The van der Waals surface area contributed by atoms with E-state index in [4.69, 9.17) is 5.26 Å². The average molecular weight is 243 g/mol. The molecule has 0 radical (unpaired) electrons. The summed E-state index contributed by atoms with van der Waals surface area (Å²) in [6.07, 6.45) is -4.45. The number of rotatable bonds is 3. The molecule has 0 bridgehead atoms. The summed E-state index contributed by atoms with van der Waals surface area (Å²) >= 11 is 0. The predicted octanol–water partition coefficient (Wildman–Crippen LogP) is 2.70. The Morgan fingerprint density at radius 3 is 2.65 bits per heavy atom. The van der Waals surface area contributed by atoms with Crippen LogP contribution in [0.5, 0.6) is 0 Å². The summed E-state index contributed by atoms with van der Waals surface area (Å²) in [4.78, 5) is 5.05. The number of alkyl halides is 3. The van der Waals surface area contributed by atoms with Crippen molar-refractivity contribution >= 4 is 5.82 Å². The van der Waals surface area contributed by atoms with Crippen molar-refractivity contribution in [3.05, 3.63) is 23.9 Å². The summed E-state index contributed by atoms with van der Waals surface area (Å²) < 4.78 is 37.3. The smallest absolute Gasteiger partial charge is 0.358 e. The Kier molecular flexibility index (Phi) is 3.94. The highest BCUT2D eigenvalue weighted by Crippen LogP contribution is 2.28. The summed E-state index contributed by atoms with van der Waals surface area (Å²) in [7, 11) is 1.61. The highest BCUT2D eigenvalue weighted by molar-refractivity contribution is 5.39. The summed E-state index contributed by atoms with van der Waals surface area (Å²) in [5.41, 5.74) is -0.925. The van der Waals surface area contributed by atoms with Gasteiger partial charge in [-0.05, 0) is 19.1 Å². The Labute approximate surface area is 97.5 Å². The standard InChI is InChI=1S/C11H12F3N3/c1-8(6-15)7-17(2)10-5-3-4-9(16-10)11(12,13)14/h3-5,8H,7H2,1-2H3. The van der Waals surface area contributed by atoms with Gasteiger partial charge in [-0.2, -0.15) is 18.4 Å². The van der Waals surface area contributed by atoms with Gasteiger partial charge in [0.05, 0.1) is 12.0 Å². The molecule has 1 atom stereocenters. The molecular formula is C11H12F3N3. The second kappa shape index (κ2) is 5.04. The zero-order valence-corrected chi connectivity index (χ0v) is 9.49. The quantitative estimate of drug-likeness (QED) is 0.819. The molecule has 1 heterocycles. The molecule has 6 heteroatoms. The minimum Gasteiger partial charge on any atom is -0.358 e. The van der Waals surface area contributed by atoms with Crippen LogP contribution in [0.1, 0.15) is 12.6 Å². The Morgan fingerprint density at radius 2 is 2.12 bits per heavy atom. The van der Waals surface area contributed by atoms with Crippen LogP contribution in [0.25, 0.3) is 0 Å². The molecule has 0 aliphatic heterocycles. The van der Waals surface area contributed by atoms with Gasteiger partial charge in [-0.3, -0.25) is 0 Å². The molecule has 1 aromatic rings. The molecule has 0 aromatic carbocycles. The van der Waals surface area contributed by atoms with E-state index < -0.39 is 11.9 Å². The van der Waals surface area contributed by atoms with Gasteiger partial charge in [-0.25, -0.2) is 4.98 Å². The molecule has 1 aromatic heterocycles. The SMILES string of the molecule is CC(C#N)CN(C)c1cccc(C(F)(F)F)n1. The maximum Gasteiger partial charge on any atom is 0.433 e. The van der Waals surface area contributed by atoms with E-state index in [1.54, 1.807) is 14.0 Å². The molecular weight excluding hydrogens is 231 g/mol. The van der Waals surface area contributed by atoms with Gasteiger partial charge in [-0.15, -0.1) is 0 Å². The lowest BCUT2D eigenvalue weighted by molar-refractivity contribution is -0.141. The fourth-order valence-electron chi connectivity index (χ4n) is 1.34. The first-order valence-electron chi connectivity index (χ1n) is 4.99. The topological polar surface area (TPSA) is 39.9 Å². The molecule has 1 unspecified atom stereocenters. The van der Waals surface area contributed by atoms with E-state index in [-0.39, 0.29) is 11.7 Å². The zero-order chi connectivity index (χ0) is 13.1. The number of pyridine rings is 1. The zero-order valence-electron chi connectivity index (χ0n) is 9.49. The van der Waals surface area contributed by atoms with Crippen molar-refractivity contribution in [3.8, 4) is 6.07 Å². The molecule has 0 aliphatic carbocycles. The Balaban J connectivity index is 2.89. The van der Waals surface area contributed by atoms with Gasteiger partial charge in [0.1, 0.15) is 11.5 Å². The minimum absolute atomic E-state index is 0.210. The van der Waals surface area contributed by atoms with Crippen LogP contribution in [-0.2, 0) is 6.18 Å². The van der Waals surface area contributed by atoms with E-state index in [9.17, 15) is 13.2 Å². The van der Waals surface area contributed by atoms with Gasteiger partial charge in [-0.1, -0.05) is 6.07 Å². The third-order valence-electron chi connectivity index (χ3n) is 2.18. The molecule has 0 aliphatic rings. The monoisotopic (exact) mass is 243 g/mol. The molecule has 0 saturated heterocycles. The van der Waals surface area contributed by atoms with Gasteiger partial charge in [0, 0.05) is 13.6 Å². The second-order valence-corrected chi connectivity index (χ2v) is 3.79. The van der Waals surface area contributed by atoms with Gasteiger partial charge in [0.15, 0.2) is 0 Å². The van der Waals surface area contributed by atoms with E-state index in [1.165, 1.54) is 17.0 Å². The molecule has 17 heavy (non-hydrogen) atoms. The molecule has 0 fully saturated rings. The van der Waals surface area contributed by atoms with Crippen LogP contribution in [0, 0.1) is 17.2 Å². The molecule has 0 spiro atoms. The van der Waals surface area contributed by atoms with Crippen LogP contribution < -0.4 is 4.90 Å². The van der Waals surface area contributed by atoms with Crippen LogP contribution in [0.15, 0.2) is 18.2 Å². The number of halogens is 3. The summed E-state index contributed by atoms with van der Waals surface area (Å²) in [6, 6.07) is 5.73. The van der Waals surface area contributed by atoms with Gasteiger partial charge < -0.3 is 4.90 Å². The van der Waals surface area contributed by atoms with Gasteiger partial charge in [0.2, 0.25) is 0 Å². The van der Waals surface area contributed by atoms with Crippen molar-refractivity contribution in [2.45, 2.75) is 13.1 Å². The first-order chi connectivity index (χ1) is 7.84. The summed E-state index contributed by atoms with van der Waals surface area (Å²) in [5.74, 6) is -0.0572. The number of aromatic nitrogens is 1. The van der Waals surface area contributed by atoms with Crippen molar-refractivity contribution in [1.29, 1.82) is 5.26 Å². The van der Waals surface area contributed by atoms with Crippen molar-refractivity contribution in [2.24, 2.45) is 5.92 Å². The number of nitriles is 1. The summed E-state index contributed by atoms with van der Waals surface area (Å²) in [5, 5.41) is 8.64. The highest BCUT2D eigenvalue weighted by Gasteiger charge is 2.32. The fourth-order valence-corrected chi connectivity index (χ4v) is 1.34. The first-order valence-corrected chi connectivity index (χ1v) is 4.99. The number of hydrogen-bond donors (Lipinski definition) is 0. The Morgan fingerprint density at radius 1 is 1.47 bits per heavy atom. The third-order valence-corrected chi connectivity index (χ3v) is 2.18. The van der Waals surface area contributed by atoms with Crippen LogP contribution >= 0.6 is 0 Å². The predicted molar refractivity (Wildman–Crippen MR) is 57.3 cm³/mol. The number of nitrogens with zero attached hydrogens (tertiary/aromatic N) is 3. The molecule has 0 N–H and O–H groups in total. The second-order valence-electron chi connectivity index (χ2n) is 3.79. The van der Waals surface area contributed by atoms with Crippen molar-refractivity contribution in [2.75, 3.05) is 18.5 Å². The van der Waals surface area contributed by atoms with Crippen LogP contribution in [0.3, 0.4) is 0 Å². The maximum absolute atomic E-state index is 12.4. The van der Waals surface area contributed by atoms with E-state index in [2.05, 4.69) is 4.98 Å². The van der Waals surface area contributed by atoms with Crippen molar-refractivity contribution in [1.82, 2.24) is 4.98 Å². The summed E-state index contributed by atoms with van der Waals surface area (Å²) in [6.45, 7) is 2.04. The van der Waals surface area contributed by atoms with E-state index >= 15 is 0 Å². The van der Waals surface area contributed by atoms with E-state index in [1.807, 2.05) is 6.07 Å². The fraction of sp³-hybridized carbons (Fsp3) is 0.455. The molecule has 0 saturated carbocycles. The van der Waals surface area contributed by atoms with Crippen LogP contribution in [-0.4, -0.2) is 18.6 Å². The maximum atomic E-state index is 12.4. The first kappa shape index (κ1) is 13.3. The molecule has 1 rings (SSSR count). The van der Waals surface area contributed by atoms with Crippen molar-refractivity contribution in [3.63, 3.8) is 0 Å². The Hall–Kier alpha value is -1.77. The number of hydrogen-bond acceptors (Lipinski definition) is 3. The van der Waals surface area contributed by atoms with Crippen LogP contribution in [0.2, 0.25) is 0 Å². The molecule has 3 nitrogen and oxygen atoms in total. The normalized spacial score (nSPS) is 12.9. The van der Waals surface area contributed by atoms with Crippen molar-refractivity contribution < 1.29 is 13.2 Å².